The molecule has 0 aliphatic carbocycles. The minimum Gasteiger partial charge on any atom is -0.354 e. The van der Waals surface area contributed by atoms with E-state index in [0.29, 0.717) is 11.1 Å². The van der Waals surface area contributed by atoms with Crippen LogP contribution in [-0.2, 0) is 21.7 Å². The second-order valence-electron chi connectivity index (χ2n) is 20.1. The lowest BCUT2D eigenvalue weighted by molar-refractivity contribution is 0.103. The molecule has 284 valence electrons. The highest BCUT2D eigenvalue weighted by Gasteiger charge is 2.23. The smallest absolute Gasteiger partial charge is 0.193 e. The van der Waals surface area contributed by atoms with Crippen LogP contribution in [0.5, 0.6) is 0 Å². The zero-order valence-corrected chi connectivity index (χ0v) is 35.3. The lowest BCUT2D eigenvalue weighted by Gasteiger charge is -2.21. The van der Waals surface area contributed by atoms with Crippen molar-refractivity contribution in [3.05, 3.63) is 143 Å². The molecule has 2 heterocycles. The number of fused-ring (bicyclic) bond motifs is 6. The van der Waals surface area contributed by atoms with Gasteiger partial charge in [-0.15, -0.1) is 0 Å². The van der Waals surface area contributed by atoms with Gasteiger partial charge in [-0.05, 0) is 104 Å². The van der Waals surface area contributed by atoms with E-state index < -0.39 is 0 Å². The van der Waals surface area contributed by atoms with Crippen molar-refractivity contribution in [2.24, 2.45) is 0 Å². The number of nitrogens with one attached hydrogen (secondary N) is 2. The number of ketones is 1. The largest absolute Gasteiger partial charge is 0.354 e. The van der Waals surface area contributed by atoms with Crippen LogP contribution in [0.2, 0.25) is 0 Å². The Kier molecular flexibility index (Phi) is 8.58. The molecule has 0 aliphatic rings. The van der Waals surface area contributed by atoms with Crippen LogP contribution in [0, 0.1) is 0 Å². The monoisotopic (exact) mass is 736 g/mol. The van der Waals surface area contributed by atoms with Crippen molar-refractivity contribution >= 4 is 49.4 Å². The number of aromatic amines is 2. The highest BCUT2D eigenvalue weighted by Crippen LogP contribution is 2.41. The molecule has 0 spiro atoms. The van der Waals surface area contributed by atoms with Crippen LogP contribution < -0.4 is 0 Å². The van der Waals surface area contributed by atoms with E-state index in [2.05, 4.69) is 178 Å². The van der Waals surface area contributed by atoms with Gasteiger partial charge in [0.15, 0.2) is 5.78 Å². The van der Waals surface area contributed by atoms with Crippen molar-refractivity contribution in [2.75, 3.05) is 0 Å². The van der Waals surface area contributed by atoms with Gasteiger partial charge in [-0.3, -0.25) is 4.79 Å². The minimum absolute atomic E-state index is 0.0194. The zero-order valence-electron chi connectivity index (χ0n) is 35.3. The Hall–Kier alpha value is -5.41. The highest BCUT2D eigenvalue weighted by molar-refractivity contribution is 6.14. The summed E-state index contributed by atoms with van der Waals surface area (Å²) in [7, 11) is 0. The van der Waals surface area contributed by atoms with Gasteiger partial charge in [0.25, 0.3) is 0 Å². The van der Waals surface area contributed by atoms with Gasteiger partial charge in [0.1, 0.15) is 0 Å². The summed E-state index contributed by atoms with van der Waals surface area (Å²) in [5.41, 5.74) is 15.7. The molecule has 0 saturated carbocycles. The quantitative estimate of drug-likeness (QED) is 0.174. The van der Waals surface area contributed by atoms with Crippen LogP contribution in [-0.4, -0.2) is 15.8 Å². The number of H-pyrrole nitrogens is 2. The summed E-state index contributed by atoms with van der Waals surface area (Å²) in [5, 5.41) is 4.97. The first kappa shape index (κ1) is 37.5. The third-order valence-corrected chi connectivity index (χ3v) is 11.8. The van der Waals surface area contributed by atoms with Gasteiger partial charge in [0.2, 0.25) is 0 Å². The van der Waals surface area contributed by atoms with Crippen molar-refractivity contribution in [3.63, 3.8) is 0 Å². The molecule has 0 unspecified atom stereocenters. The molecule has 2 aromatic heterocycles. The molecule has 0 saturated heterocycles. The Labute approximate surface area is 332 Å². The fourth-order valence-corrected chi connectivity index (χ4v) is 8.02. The van der Waals surface area contributed by atoms with Gasteiger partial charge in [0.05, 0.1) is 11.0 Å². The van der Waals surface area contributed by atoms with Crippen molar-refractivity contribution in [2.45, 2.75) is 105 Å². The molecule has 0 fully saturated rings. The lowest BCUT2D eigenvalue weighted by Crippen LogP contribution is -2.11. The van der Waals surface area contributed by atoms with E-state index in [9.17, 15) is 4.79 Å². The number of rotatable bonds is 4. The maximum Gasteiger partial charge on any atom is 0.193 e. The highest BCUT2D eigenvalue weighted by atomic mass is 16.1. The van der Waals surface area contributed by atoms with E-state index >= 15 is 0 Å². The number of benzene rings is 6. The first-order valence-corrected chi connectivity index (χ1v) is 20.1. The molecular formula is C53H56N2O. The van der Waals surface area contributed by atoms with Crippen LogP contribution in [0.1, 0.15) is 121 Å². The second kappa shape index (κ2) is 12.8. The average Bonchev–Trinajstić information content (AvgIpc) is 3.70. The molecule has 0 atom stereocenters. The second-order valence-corrected chi connectivity index (χ2v) is 20.1. The number of carbonyl (C=O) groups is 1. The summed E-state index contributed by atoms with van der Waals surface area (Å²) < 4.78 is 0. The number of carbonyl (C=O) groups excluding carboxylic acids is 1. The molecule has 0 amide bonds. The summed E-state index contributed by atoms with van der Waals surface area (Å²) in [5.74, 6) is 0.0194. The average molecular weight is 737 g/mol. The van der Waals surface area contributed by atoms with Crippen molar-refractivity contribution in [3.8, 4) is 22.3 Å². The standard InChI is InChI=1S/C53H56N2O/c1-50(2,3)35-21-23-45-41(25-35)43-29-37(52(7,8)9)27-39(47(43)54-45)31-13-17-33(18-14-31)49(56)34-19-15-32(16-20-34)40-28-38(53(10,11)12)30-44-42-26-36(51(4,5)6)22-24-46(42)55-48(40)44/h13-30,54-55H,1-12H3. The van der Waals surface area contributed by atoms with Crippen LogP contribution in [0.3, 0.4) is 0 Å². The van der Waals surface area contributed by atoms with Crippen LogP contribution in [0.25, 0.3) is 65.9 Å². The SMILES string of the molecule is CC(C)(C)c1ccc2[nH]c3c(-c4ccc(C(=O)c5ccc(-c6cc(C(C)(C)C)cc7c6[nH]c6ccc(C(C)(C)C)cc67)cc5)cc4)cc(C(C)(C)C)cc3c2c1. The molecule has 2 N–H and O–H groups in total. The predicted octanol–water partition coefficient (Wildman–Crippen LogP) is 14.7. The van der Waals surface area contributed by atoms with Crippen LogP contribution in [0.4, 0.5) is 0 Å². The third-order valence-electron chi connectivity index (χ3n) is 11.8. The molecule has 56 heavy (non-hydrogen) atoms. The Morgan fingerprint density at radius 2 is 0.696 bits per heavy atom. The Balaban J connectivity index is 1.15. The number of aromatic nitrogens is 2. The van der Waals surface area contributed by atoms with E-state index in [4.69, 9.17) is 0 Å². The maximum atomic E-state index is 14.0. The molecule has 0 aliphatic heterocycles. The zero-order chi connectivity index (χ0) is 40.1. The Morgan fingerprint density at radius 3 is 1.02 bits per heavy atom. The fourth-order valence-electron chi connectivity index (χ4n) is 8.02. The van der Waals surface area contributed by atoms with Gasteiger partial charge in [-0.2, -0.15) is 0 Å². The molecule has 6 aromatic carbocycles. The van der Waals surface area contributed by atoms with E-state index in [-0.39, 0.29) is 27.4 Å². The fraction of sp³-hybridized carbons (Fsp3) is 0.302. The molecule has 3 heteroatoms. The summed E-state index contributed by atoms with van der Waals surface area (Å²) in [6.07, 6.45) is 0. The van der Waals surface area contributed by atoms with E-state index in [0.717, 1.165) is 44.3 Å². The summed E-state index contributed by atoms with van der Waals surface area (Å²) in [4.78, 5) is 21.5. The normalized spacial score (nSPS) is 13.1. The van der Waals surface area contributed by atoms with Crippen molar-refractivity contribution < 1.29 is 4.79 Å². The Morgan fingerprint density at radius 1 is 0.375 bits per heavy atom. The number of hydrogen-bond donors (Lipinski definition) is 2. The van der Waals surface area contributed by atoms with Crippen LogP contribution >= 0.6 is 0 Å². The molecule has 0 radical (unpaired) electrons. The topological polar surface area (TPSA) is 48.6 Å². The van der Waals surface area contributed by atoms with Crippen LogP contribution in [0.15, 0.2) is 109 Å². The van der Waals surface area contributed by atoms with Gasteiger partial charge >= 0.3 is 0 Å². The van der Waals surface area contributed by atoms with Gasteiger partial charge < -0.3 is 9.97 Å². The van der Waals surface area contributed by atoms with E-state index in [1.54, 1.807) is 0 Å². The summed E-state index contributed by atoms with van der Waals surface area (Å²) in [6.45, 7) is 27.2. The van der Waals surface area contributed by atoms with E-state index in [1.807, 2.05) is 24.3 Å². The maximum absolute atomic E-state index is 14.0. The molecule has 0 bridgehead atoms. The van der Waals surface area contributed by atoms with Gasteiger partial charge in [-0.25, -0.2) is 0 Å². The molecule has 8 aromatic rings. The summed E-state index contributed by atoms with van der Waals surface area (Å²) >= 11 is 0. The lowest BCUT2D eigenvalue weighted by atomic mass is 9.83. The molecule has 8 rings (SSSR count). The van der Waals surface area contributed by atoms with Gasteiger partial charge in [0, 0.05) is 54.8 Å². The third kappa shape index (κ3) is 6.66. The predicted molar refractivity (Wildman–Crippen MR) is 241 cm³/mol. The number of hydrogen-bond acceptors (Lipinski definition) is 1. The van der Waals surface area contributed by atoms with Crippen molar-refractivity contribution in [1.82, 2.24) is 9.97 Å². The first-order valence-electron chi connectivity index (χ1n) is 20.1. The van der Waals surface area contributed by atoms with E-state index in [1.165, 1.54) is 43.8 Å². The Bertz CT molecular complexity index is 2620. The summed E-state index contributed by atoms with van der Waals surface area (Å²) in [6, 6.07) is 39.3. The minimum atomic E-state index is -0.0276. The molecule has 3 nitrogen and oxygen atoms in total. The molecular weight excluding hydrogens is 681 g/mol. The van der Waals surface area contributed by atoms with Gasteiger partial charge in [-0.1, -0.05) is 144 Å². The first-order chi connectivity index (χ1) is 26.2. The van der Waals surface area contributed by atoms with Crippen molar-refractivity contribution in [1.29, 1.82) is 0 Å².